The molecule has 1 unspecified atom stereocenters. The van der Waals surface area contributed by atoms with Gasteiger partial charge in [0.2, 0.25) is 0 Å². The van der Waals surface area contributed by atoms with Crippen LogP contribution in [0.1, 0.15) is 23.7 Å². The van der Waals surface area contributed by atoms with Gasteiger partial charge < -0.3 is 10.4 Å². The van der Waals surface area contributed by atoms with Crippen LogP contribution in [-0.4, -0.2) is 22.4 Å². The molecule has 88 valence electrons. The van der Waals surface area contributed by atoms with Crippen LogP contribution in [0, 0.1) is 5.82 Å². The Balaban J connectivity index is 2.69. The fourth-order valence-corrected chi connectivity index (χ4v) is 1.30. The van der Waals surface area contributed by atoms with Gasteiger partial charge >= 0.3 is 0 Å². The third kappa shape index (κ3) is 3.48. The van der Waals surface area contributed by atoms with Crippen molar-refractivity contribution < 1.29 is 14.3 Å². The van der Waals surface area contributed by atoms with Gasteiger partial charge in [0.15, 0.2) is 0 Å². The normalized spacial score (nSPS) is 12.2. The Bertz CT molecular complexity index is 384. The number of carbonyl (C=O) groups excluding carboxylic acids is 1. The smallest absolute Gasteiger partial charge is 0.255 e. The van der Waals surface area contributed by atoms with Crippen molar-refractivity contribution in [3.05, 3.63) is 29.6 Å². The van der Waals surface area contributed by atoms with Gasteiger partial charge in [-0.25, -0.2) is 4.39 Å². The minimum atomic E-state index is -0.547. The summed E-state index contributed by atoms with van der Waals surface area (Å²) in [5.74, 6) is -1.25. The first kappa shape index (κ1) is 13.0. The summed E-state index contributed by atoms with van der Waals surface area (Å²) in [6.07, 6.45) is 0.870. The van der Waals surface area contributed by atoms with Crippen molar-refractivity contribution in [3.8, 4) is 5.75 Å². The number of nitrogens with one attached hydrogen (secondary N) is 1. The molecular formula is C11H13BrFNO2. The number of amides is 1. The Morgan fingerprint density at radius 2 is 2.31 bits per heavy atom. The maximum atomic E-state index is 12.9. The number of rotatable bonds is 4. The molecule has 0 saturated carbocycles. The van der Waals surface area contributed by atoms with Crippen molar-refractivity contribution >= 4 is 21.8 Å². The number of phenolic OH excluding ortho intramolecular Hbond substituents is 1. The standard InChI is InChI=1S/C11H13BrFNO2/c1-2-7(12)6-14-11(16)9-5-8(13)3-4-10(9)15/h3-5,7,15H,2,6H2,1H3,(H,14,16). The zero-order valence-electron chi connectivity index (χ0n) is 8.84. The lowest BCUT2D eigenvalue weighted by atomic mass is 10.2. The number of alkyl halides is 1. The number of hydrogen-bond acceptors (Lipinski definition) is 2. The average molecular weight is 290 g/mol. The lowest BCUT2D eigenvalue weighted by molar-refractivity contribution is 0.0950. The van der Waals surface area contributed by atoms with E-state index in [1.165, 1.54) is 0 Å². The molecular weight excluding hydrogens is 277 g/mol. The number of phenols is 1. The van der Waals surface area contributed by atoms with Gasteiger partial charge in [-0.1, -0.05) is 22.9 Å². The molecule has 0 heterocycles. The van der Waals surface area contributed by atoms with Crippen molar-refractivity contribution in [2.24, 2.45) is 0 Å². The second kappa shape index (κ2) is 5.84. The minimum absolute atomic E-state index is 0.0456. The van der Waals surface area contributed by atoms with Crippen LogP contribution in [-0.2, 0) is 0 Å². The summed E-state index contributed by atoms with van der Waals surface area (Å²) in [6, 6.07) is 3.28. The largest absolute Gasteiger partial charge is 0.507 e. The second-order valence-corrected chi connectivity index (χ2v) is 4.67. The molecule has 1 atom stereocenters. The highest BCUT2D eigenvalue weighted by atomic mass is 79.9. The Hall–Kier alpha value is -1.10. The van der Waals surface area contributed by atoms with Crippen LogP contribution in [0.15, 0.2) is 18.2 Å². The highest BCUT2D eigenvalue weighted by Gasteiger charge is 2.12. The van der Waals surface area contributed by atoms with E-state index in [1.807, 2.05) is 6.92 Å². The molecule has 0 spiro atoms. The maximum absolute atomic E-state index is 12.9. The Kier molecular flexibility index (Phi) is 4.73. The first-order valence-corrected chi connectivity index (χ1v) is 5.87. The van der Waals surface area contributed by atoms with Crippen LogP contribution >= 0.6 is 15.9 Å². The molecule has 0 aliphatic carbocycles. The van der Waals surface area contributed by atoms with Gasteiger partial charge in [0.1, 0.15) is 11.6 Å². The number of hydrogen-bond donors (Lipinski definition) is 2. The molecule has 0 aromatic heterocycles. The lowest BCUT2D eigenvalue weighted by Crippen LogP contribution is -2.29. The van der Waals surface area contributed by atoms with E-state index in [4.69, 9.17) is 0 Å². The van der Waals surface area contributed by atoms with Crippen LogP contribution in [0.2, 0.25) is 0 Å². The fraction of sp³-hybridized carbons (Fsp3) is 0.364. The molecule has 1 aromatic rings. The van der Waals surface area contributed by atoms with Gasteiger partial charge in [-0.3, -0.25) is 4.79 Å². The summed E-state index contributed by atoms with van der Waals surface area (Å²) in [7, 11) is 0. The quantitative estimate of drug-likeness (QED) is 0.837. The van der Waals surface area contributed by atoms with Crippen LogP contribution in [0.5, 0.6) is 5.75 Å². The zero-order chi connectivity index (χ0) is 12.1. The van der Waals surface area contributed by atoms with E-state index < -0.39 is 11.7 Å². The van der Waals surface area contributed by atoms with E-state index in [0.29, 0.717) is 6.54 Å². The summed E-state index contributed by atoms with van der Waals surface area (Å²) >= 11 is 3.36. The molecule has 16 heavy (non-hydrogen) atoms. The molecule has 2 N–H and O–H groups in total. The van der Waals surface area contributed by atoms with Crippen molar-refractivity contribution in [1.29, 1.82) is 0 Å². The number of halogens is 2. The summed E-state index contributed by atoms with van der Waals surface area (Å²) in [4.78, 5) is 11.8. The lowest BCUT2D eigenvalue weighted by Gasteiger charge is -2.09. The third-order valence-corrected chi connectivity index (χ3v) is 3.10. The van der Waals surface area contributed by atoms with E-state index in [1.54, 1.807) is 0 Å². The molecule has 0 aliphatic rings. The molecule has 3 nitrogen and oxygen atoms in total. The molecule has 1 rings (SSSR count). The molecule has 0 aliphatic heterocycles. The zero-order valence-corrected chi connectivity index (χ0v) is 10.4. The fourth-order valence-electron chi connectivity index (χ4n) is 1.13. The second-order valence-electron chi connectivity index (χ2n) is 3.38. The maximum Gasteiger partial charge on any atom is 0.255 e. The minimum Gasteiger partial charge on any atom is -0.507 e. The third-order valence-electron chi connectivity index (χ3n) is 2.13. The summed E-state index contributed by atoms with van der Waals surface area (Å²) in [5, 5.41) is 12.0. The van der Waals surface area contributed by atoms with E-state index >= 15 is 0 Å². The average Bonchev–Trinajstić information content (AvgIpc) is 2.28. The van der Waals surface area contributed by atoms with Crippen molar-refractivity contribution in [3.63, 3.8) is 0 Å². The summed E-state index contributed by atoms with van der Waals surface area (Å²) in [6.45, 7) is 2.41. The van der Waals surface area contributed by atoms with E-state index in [2.05, 4.69) is 21.2 Å². The Morgan fingerprint density at radius 3 is 2.94 bits per heavy atom. The molecule has 1 aromatic carbocycles. The van der Waals surface area contributed by atoms with Gasteiger partial charge in [0.05, 0.1) is 5.56 Å². The van der Waals surface area contributed by atoms with Crippen LogP contribution in [0.25, 0.3) is 0 Å². The van der Waals surface area contributed by atoms with Gasteiger partial charge in [-0.2, -0.15) is 0 Å². The molecule has 0 saturated heterocycles. The predicted molar refractivity (Wildman–Crippen MR) is 63.4 cm³/mol. The van der Waals surface area contributed by atoms with Gasteiger partial charge in [0, 0.05) is 11.4 Å². The highest BCUT2D eigenvalue weighted by Crippen LogP contribution is 2.17. The van der Waals surface area contributed by atoms with Crippen LogP contribution < -0.4 is 5.32 Å². The number of carbonyl (C=O) groups is 1. The monoisotopic (exact) mass is 289 g/mol. The van der Waals surface area contributed by atoms with Gasteiger partial charge in [0.25, 0.3) is 5.91 Å². The van der Waals surface area contributed by atoms with Crippen LogP contribution in [0.3, 0.4) is 0 Å². The highest BCUT2D eigenvalue weighted by molar-refractivity contribution is 9.09. The Labute approximate surface area is 102 Å². The van der Waals surface area contributed by atoms with Gasteiger partial charge in [-0.15, -0.1) is 0 Å². The van der Waals surface area contributed by atoms with Gasteiger partial charge in [-0.05, 0) is 24.6 Å². The number of aromatic hydroxyl groups is 1. The molecule has 0 radical (unpaired) electrons. The SMILES string of the molecule is CCC(Br)CNC(=O)c1cc(F)ccc1O. The first-order chi connectivity index (χ1) is 7.54. The summed E-state index contributed by atoms with van der Waals surface area (Å²) in [5.41, 5.74) is -0.0456. The van der Waals surface area contributed by atoms with E-state index in [-0.39, 0.29) is 16.1 Å². The van der Waals surface area contributed by atoms with Crippen molar-refractivity contribution in [1.82, 2.24) is 5.32 Å². The van der Waals surface area contributed by atoms with E-state index in [9.17, 15) is 14.3 Å². The van der Waals surface area contributed by atoms with Crippen molar-refractivity contribution in [2.75, 3.05) is 6.54 Å². The topological polar surface area (TPSA) is 49.3 Å². The predicted octanol–water partition coefficient (Wildman–Crippen LogP) is 2.43. The van der Waals surface area contributed by atoms with Crippen molar-refractivity contribution in [2.45, 2.75) is 18.2 Å². The van der Waals surface area contributed by atoms with Crippen LogP contribution in [0.4, 0.5) is 4.39 Å². The first-order valence-electron chi connectivity index (χ1n) is 4.95. The molecule has 1 amide bonds. The molecule has 5 heteroatoms. The molecule has 0 fully saturated rings. The molecule has 0 bridgehead atoms. The summed E-state index contributed by atoms with van der Waals surface area (Å²) < 4.78 is 12.9. The van der Waals surface area contributed by atoms with E-state index in [0.717, 1.165) is 24.6 Å². The number of benzene rings is 1. The Morgan fingerprint density at radius 1 is 1.62 bits per heavy atom.